The topological polar surface area (TPSA) is 67.3 Å². The second kappa shape index (κ2) is 6.57. The summed E-state index contributed by atoms with van der Waals surface area (Å²) in [4.78, 5) is 30.2. The Morgan fingerprint density at radius 1 is 1.00 bits per heavy atom. The molecule has 128 valence electrons. The minimum absolute atomic E-state index is 0.257. The molecule has 1 saturated heterocycles. The minimum atomic E-state index is -0.388. The Balaban J connectivity index is 1.79. The van der Waals surface area contributed by atoms with Crippen molar-refractivity contribution in [2.24, 2.45) is 0 Å². The normalized spacial score (nSPS) is 14.8. The molecular weight excluding hydrogens is 318 g/mol. The van der Waals surface area contributed by atoms with Gasteiger partial charge in [-0.3, -0.25) is 9.36 Å². The van der Waals surface area contributed by atoms with Gasteiger partial charge in [0.2, 0.25) is 0 Å². The molecule has 25 heavy (non-hydrogen) atoms. The molecular formula is C19H19N3O3. The molecule has 0 amide bonds. The Morgan fingerprint density at radius 3 is 2.52 bits per heavy atom. The van der Waals surface area contributed by atoms with Gasteiger partial charge < -0.3 is 14.6 Å². The smallest absolute Gasteiger partial charge is 0.329 e. The zero-order valence-electron chi connectivity index (χ0n) is 13.8. The average Bonchev–Trinajstić information content (AvgIpc) is 2.66. The van der Waals surface area contributed by atoms with E-state index in [9.17, 15) is 9.59 Å². The number of fused-ring (bicyclic) bond motifs is 1. The largest absolute Gasteiger partial charge is 0.378 e. The summed E-state index contributed by atoms with van der Waals surface area (Å²) in [5.41, 5.74) is 1.81. The summed E-state index contributed by atoms with van der Waals surface area (Å²) in [6.07, 6.45) is 0. The van der Waals surface area contributed by atoms with Gasteiger partial charge >= 0.3 is 5.69 Å². The van der Waals surface area contributed by atoms with E-state index in [2.05, 4.69) is 9.88 Å². The molecule has 0 radical (unpaired) electrons. The molecule has 2 heterocycles. The average molecular weight is 337 g/mol. The Bertz CT molecular complexity index is 1000. The molecule has 6 nitrogen and oxygen atoms in total. The molecule has 0 bridgehead atoms. The fraction of sp³-hybridized carbons (Fsp3) is 0.263. The highest BCUT2D eigenvalue weighted by Crippen LogP contribution is 2.19. The summed E-state index contributed by atoms with van der Waals surface area (Å²) in [5, 5.41) is 0.527. The lowest BCUT2D eigenvalue weighted by Gasteiger charge is -2.29. The molecule has 1 aliphatic rings. The Hall–Kier alpha value is -2.86. The van der Waals surface area contributed by atoms with E-state index in [1.807, 2.05) is 42.5 Å². The lowest BCUT2D eigenvalue weighted by molar-refractivity contribution is 0.122. The number of anilines is 1. The Labute approximate surface area is 144 Å². The number of aromatic nitrogens is 2. The van der Waals surface area contributed by atoms with E-state index < -0.39 is 0 Å². The van der Waals surface area contributed by atoms with Crippen LogP contribution in [-0.2, 0) is 11.3 Å². The van der Waals surface area contributed by atoms with Gasteiger partial charge in [-0.1, -0.05) is 30.3 Å². The fourth-order valence-electron chi connectivity index (χ4n) is 3.17. The molecule has 0 aliphatic carbocycles. The summed E-state index contributed by atoms with van der Waals surface area (Å²) in [7, 11) is 0. The van der Waals surface area contributed by atoms with E-state index in [1.165, 1.54) is 4.57 Å². The predicted molar refractivity (Wildman–Crippen MR) is 97.4 cm³/mol. The Morgan fingerprint density at radius 2 is 1.76 bits per heavy atom. The van der Waals surface area contributed by atoms with Crippen molar-refractivity contribution >= 4 is 16.6 Å². The number of rotatable bonds is 3. The summed E-state index contributed by atoms with van der Waals surface area (Å²) in [5.74, 6) is 0. The van der Waals surface area contributed by atoms with Crippen LogP contribution in [0.15, 0.2) is 58.1 Å². The molecule has 1 aromatic heterocycles. The highest BCUT2D eigenvalue weighted by molar-refractivity contribution is 5.81. The van der Waals surface area contributed by atoms with Gasteiger partial charge in [0.15, 0.2) is 0 Å². The molecule has 0 saturated carbocycles. The summed E-state index contributed by atoms with van der Waals surface area (Å²) < 4.78 is 6.63. The lowest BCUT2D eigenvalue weighted by Crippen LogP contribution is -2.37. The van der Waals surface area contributed by atoms with Crippen molar-refractivity contribution in [3.05, 3.63) is 74.9 Å². The van der Waals surface area contributed by atoms with Crippen molar-refractivity contribution in [2.45, 2.75) is 6.54 Å². The number of ether oxygens (including phenoxy) is 1. The van der Waals surface area contributed by atoms with E-state index in [1.54, 1.807) is 6.07 Å². The van der Waals surface area contributed by atoms with E-state index in [0.717, 1.165) is 24.3 Å². The molecule has 4 rings (SSSR count). The van der Waals surface area contributed by atoms with Gasteiger partial charge in [0, 0.05) is 18.8 Å². The van der Waals surface area contributed by atoms with E-state index in [0.29, 0.717) is 24.1 Å². The first-order chi connectivity index (χ1) is 12.2. The first-order valence-corrected chi connectivity index (χ1v) is 8.36. The monoisotopic (exact) mass is 337 g/mol. The van der Waals surface area contributed by atoms with Gasteiger partial charge in [0.25, 0.3) is 5.56 Å². The van der Waals surface area contributed by atoms with Crippen LogP contribution in [-0.4, -0.2) is 35.9 Å². The third-order valence-electron chi connectivity index (χ3n) is 4.53. The first kappa shape index (κ1) is 15.7. The van der Waals surface area contributed by atoms with Gasteiger partial charge in [0.1, 0.15) is 0 Å². The van der Waals surface area contributed by atoms with Gasteiger partial charge in [-0.25, -0.2) is 4.79 Å². The van der Waals surface area contributed by atoms with Crippen molar-refractivity contribution in [1.29, 1.82) is 0 Å². The van der Waals surface area contributed by atoms with Gasteiger partial charge in [-0.05, 0) is 23.8 Å². The third-order valence-corrected chi connectivity index (χ3v) is 4.53. The highest BCUT2D eigenvalue weighted by atomic mass is 16.5. The van der Waals surface area contributed by atoms with Crippen LogP contribution in [0.4, 0.5) is 5.69 Å². The molecule has 0 atom stereocenters. The molecule has 3 aromatic rings. The SMILES string of the molecule is O=c1[nH]c2ccc(N3CCOCC3)cc2c(=O)n1Cc1ccccc1. The zero-order valence-corrected chi connectivity index (χ0v) is 13.8. The van der Waals surface area contributed by atoms with Crippen LogP contribution in [0.5, 0.6) is 0 Å². The molecule has 0 unspecified atom stereocenters. The molecule has 1 N–H and O–H groups in total. The number of nitrogens with one attached hydrogen (secondary N) is 1. The molecule has 2 aromatic carbocycles. The second-order valence-corrected chi connectivity index (χ2v) is 6.14. The summed E-state index contributed by atoms with van der Waals surface area (Å²) in [6, 6.07) is 15.1. The van der Waals surface area contributed by atoms with Crippen LogP contribution >= 0.6 is 0 Å². The standard InChI is InChI=1S/C19H19N3O3/c23-18-16-12-15(21-8-10-25-11-9-21)6-7-17(16)20-19(24)22(18)13-14-4-2-1-3-5-14/h1-7,12H,8-11,13H2,(H,20,24). The van der Waals surface area contributed by atoms with Gasteiger partial charge in [-0.2, -0.15) is 0 Å². The maximum Gasteiger partial charge on any atom is 0.329 e. The maximum absolute atomic E-state index is 12.9. The van der Waals surface area contributed by atoms with Crippen molar-refractivity contribution in [2.75, 3.05) is 31.2 Å². The van der Waals surface area contributed by atoms with E-state index in [-0.39, 0.29) is 17.8 Å². The lowest BCUT2D eigenvalue weighted by atomic mass is 10.2. The van der Waals surface area contributed by atoms with Crippen LogP contribution in [0.1, 0.15) is 5.56 Å². The zero-order chi connectivity index (χ0) is 17.2. The molecule has 1 fully saturated rings. The number of hydrogen-bond acceptors (Lipinski definition) is 4. The minimum Gasteiger partial charge on any atom is -0.378 e. The van der Waals surface area contributed by atoms with Crippen molar-refractivity contribution in [3.8, 4) is 0 Å². The molecule has 1 aliphatic heterocycles. The van der Waals surface area contributed by atoms with Crippen molar-refractivity contribution < 1.29 is 4.74 Å². The first-order valence-electron chi connectivity index (χ1n) is 8.36. The molecule has 0 spiro atoms. The van der Waals surface area contributed by atoms with Crippen LogP contribution in [0.25, 0.3) is 10.9 Å². The van der Waals surface area contributed by atoms with Gasteiger partial charge in [-0.15, -0.1) is 0 Å². The number of morpholine rings is 1. The molecule has 6 heteroatoms. The number of benzene rings is 2. The summed E-state index contributed by atoms with van der Waals surface area (Å²) >= 11 is 0. The van der Waals surface area contributed by atoms with E-state index in [4.69, 9.17) is 4.74 Å². The third kappa shape index (κ3) is 3.08. The number of nitrogens with zero attached hydrogens (tertiary/aromatic N) is 2. The van der Waals surface area contributed by atoms with Crippen molar-refractivity contribution in [1.82, 2.24) is 9.55 Å². The highest BCUT2D eigenvalue weighted by Gasteiger charge is 2.14. The number of hydrogen-bond donors (Lipinski definition) is 1. The van der Waals surface area contributed by atoms with Crippen LogP contribution in [0, 0.1) is 0 Å². The van der Waals surface area contributed by atoms with Crippen LogP contribution in [0.2, 0.25) is 0 Å². The van der Waals surface area contributed by atoms with Crippen LogP contribution in [0.3, 0.4) is 0 Å². The van der Waals surface area contributed by atoms with Crippen molar-refractivity contribution in [3.63, 3.8) is 0 Å². The fourth-order valence-corrected chi connectivity index (χ4v) is 3.17. The van der Waals surface area contributed by atoms with Gasteiger partial charge in [0.05, 0.1) is 30.7 Å². The number of H-pyrrole nitrogens is 1. The quantitative estimate of drug-likeness (QED) is 0.788. The maximum atomic E-state index is 12.9. The Kier molecular flexibility index (Phi) is 4.11. The number of aromatic amines is 1. The van der Waals surface area contributed by atoms with E-state index >= 15 is 0 Å². The van der Waals surface area contributed by atoms with Crippen LogP contribution < -0.4 is 16.1 Å². The predicted octanol–water partition coefficient (Wildman–Crippen LogP) is 1.57. The summed E-state index contributed by atoms with van der Waals surface area (Å²) in [6.45, 7) is 3.22. The second-order valence-electron chi connectivity index (χ2n) is 6.14.